The Morgan fingerprint density at radius 1 is 0.842 bits per heavy atom. The summed E-state index contributed by atoms with van der Waals surface area (Å²) in [5.74, 6) is 0. The predicted molar refractivity (Wildman–Crippen MR) is 83.2 cm³/mol. The number of likely N-dealkylation sites (N-methyl/N-ethyl adjacent to an activating group) is 1. The van der Waals surface area contributed by atoms with Crippen LogP contribution < -0.4 is 0 Å². The van der Waals surface area contributed by atoms with Crippen molar-refractivity contribution >= 4 is 0 Å². The lowest BCUT2D eigenvalue weighted by molar-refractivity contribution is -0.935. The van der Waals surface area contributed by atoms with E-state index in [2.05, 4.69) is 27.9 Å². The van der Waals surface area contributed by atoms with Crippen molar-refractivity contribution in [3.8, 4) is 0 Å². The molecule has 1 heterocycles. The molecule has 1 aliphatic heterocycles. The monoisotopic (exact) mass is 270 g/mol. The number of hydrogen-bond donors (Lipinski definition) is 0. The van der Waals surface area contributed by atoms with Gasteiger partial charge in [-0.2, -0.15) is 0 Å². The molecule has 19 heavy (non-hydrogen) atoms. The average molecular weight is 270 g/mol. The van der Waals surface area contributed by atoms with Crippen LogP contribution in [0, 0.1) is 0 Å². The number of quaternary nitrogens is 1. The first-order valence-electron chi connectivity index (χ1n) is 8.49. The largest absolute Gasteiger partial charge is 0.316 e. The van der Waals surface area contributed by atoms with Crippen molar-refractivity contribution in [1.82, 2.24) is 0 Å². The van der Waals surface area contributed by atoms with Gasteiger partial charge in [0, 0.05) is 6.92 Å². The zero-order valence-corrected chi connectivity index (χ0v) is 13.8. The quantitative estimate of drug-likeness (QED) is 0.284. The van der Waals surface area contributed by atoms with Crippen molar-refractivity contribution in [1.29, 1.82) is 0 Å². The van der Waals surface area contributed by atoms with Crippen LogP contribution in [-0.2, 0) is 4.74 Å². The van der Waals surface area contributed by atoms with Crippen molar-refractivity contribution in [2.24, 2.45) is 0 Å². The number of nitrogens with zero attached hydrogens (tertiary/aromatic N) is 1. The third-order valence-corrected chi connectivity index (χ3v) is 4.91. The lowest BCUT2D eigenvalue weighted by atomic mass is 10.1. The van der Waals surface area contributed by atoms with Gasteiger partial charge in [0.2, 0.25) is 5.72 Å². The summed E-state index contributed by atoms with van der Waals surface area (Å²) in [5.41, 5.74) is 0.124. The van der Waals surface area contributed by atoms with Gasteiger partial charge in [-0.15, -0.1) is 0 Å². The maximum atomic E-state index is 5.58. The molecule has 1 unspecified atom stereocenters. The van der Waals surface area contributed by atoms with Crippen molar-refractivity contribution in [2.75, 3.05) is 27.2 Å². The topological polar surface area (TPSA) is 12.5 Å². The van der Waals surface area contributed by atoms with Crippen molar-refractivity contribution < 1.29 is 9.22 Å². The fourth-order valence-electron chi connectivity index (χ4n) is 2.68. The van der Waals surface area contributed by atoms with E-state index in [1.807, 2.05) is 0 Å². The minimum Gasteiger partial charge on any atom is -0.316 e. The Labute approximate surface area is 121 Å². The van der Waals surface area contributed by atoms with E-state index in [9.17, 15) is 0 Å². The van der Waals surface area contributed by atoms with Crippen molar-refractivity contribution in [3.63, 3.8) is 0 Å². The van der Waals surface area contributed by atoms with Crippen LogP contribution in [-0.4, -0.2) is 37.5 Å². The highest BCUT2D eigenvalue weighted by Gasteiger charge is 2.53. The molecule has 1 saturated heterocycles. The minimum atomic E-state index is 0.124. The fourth-order valence-corrected chi connectivity index (χ4v) is 2.68. The van der Waals surface area contributed by atoms with E-state index in [-0.39, 0.29) is 5.72 Å². The molecule has 0 spiro atoms. The molecule has 0 radical (unpaired) electrons. The molecule has 0 N–H and O–H groups in total. The molecule has 0 aromatic heterocycles. The summed E-state index contributed by atoms with van der Waals surface area (Å²) >= 11 is 0. The zero-order valence-electron chi connectivity index (χ0n) is 13.8. The lowest BCUT2D eigenvalue weighted by Crippen LogP contribution is -2.50. The molecule has 0 saturated carbocycles. The predicted octanol–water partition coefficient (Wildman–Crippen LogP) is 4.73. The summed E-state index contributed by atoms with van der Waals surface area (Å²) in [7, 11) is 4.61. The van der Waals surface area contributed by atoms with Gasteiger partial charge in [0.05, 0.1) is 20.6 Å². The summed E-state index contributed by atoms with van der Waals surface area (Å²) in [6, 6.07) is 0. The zero-order chi connectivity index (χ0) is 14.2. The van der Waals surface area contributed by atoms with Gasteiger partial charge in [0.25, 0.3) is 0 Å². The lowest BCUT2D eigenvalue weighted by Gasteiger charge is -2.33. The maximum Gasteiger partial charge on any atom is 0.224 e. The first kappa shape index (κ1) is 17.0. The molecule has 1 aliphatic rings. The standard InChI is InChI=1S/C17H36NO/c1-5-6-7-8-9-10-11-12-13-14-15-18(3,4)17(2)16-19-17/h5-16H2,1-4H3/q+1. The van der Waals surface area contributed by atoms with E-state index in [1.54, 1.807) is 0 Å². The van der Waals surface area contributed by atoms with E-state index < -0.39 is 0 Å². The molecule has 2 nitrogen and oxygen atoms in total. The molecule has 2 heteroatoms. The van der Waals surface area contributed by atoms with Crippen LogP contribution in [0.2, 0.25) is 0 Å². The van der Waals surface area contributed by atoms with Gasteiger partial charge in [-0.1, -0.05) is 58.3 Å². The molecule has 0 amide bonds. The Kier molecular flexibility index (Phi) is 7.38. The number of unbranched alkanes of at least 4 members (excludes halogenated alkanes) is 9. The highest BCUT2D eigenvalue weighted by atomic mass is 16.6. The van der Waals surface area contributed by atoms with Gasteiger partial charge in [0.15, 0.2) is 0 Å². The Morgan fingerprint density at radius 3 is 1.68 bits per heavy atom. The molecule has 114 valence electrons. The summed E-state index contributed by atoms with van der Waals surface area (Å²) in [5, 5.41) is 0. The molecule has 1 atom stereocenters. The number of rotatable bonds is 12. The van der Waals surface area contributed by atoms with Crippen LogP contribution >= 0.6 is 0 Å². The fraction of sp³-hybridized carbons (Fsp3) is 1.00. The van der Waals surface area contributed by atoms with Crippen LogP contribution in [0.5, 0.6) is 0 Å². The SMILES string of the molecule is CCCCCCCCCCCC[N+](C)(C)C1(C)CO1. The van der Waals surface area contributed by atoms with Gasteiger partial charge < -0.3 is 4.74 Å². The van der Waals surface area contributed by atoms with Crippen molar-refractivity contribution in [3.05, 3.63) is 0 Å². The number of epoxide rings is 1. The molecule has 0 aromatic carbocycles. The van der Waals surface area contributed by atoms with E-state index in [4.69, 9.17) is 4.74 Å². The van der Waals surface area contributed by atoms with Crippen LogP contribution in [0.1, 0.15) is 78.1 Å². The molecule has 1 rings (SSSR count). The Bertz CT molecular complexity index is 233. The van der Waals surface area contributed by atoms with Gasteiger partial charge in [-0.3, -0.25) is 4.48 Å². The van der Waals surface area contributed by atoms with E-state index >= 15 is 0 Å². The summed E-state index contributed by atoms with van der Waals surface area (Å²) in [6.45, 7) is 6.72. The molecule has 0 aliphatic carbocycles. The average Bonchev–Trinajstić information content (AvgIpc) is 3.11. The van der Waals surface area contributed by atoms with Crippen LogP contribution in [0.3, 0.4) is 0 Å². The minimum absolute atomic E-state index is 0.124. The maximum absolute atomic E-state index is 5.58. The van der Waals surface area contributed by atoms with Crippen LogP contribution in [0.4, 0.5) is 0 Å². The number of hydrogen-bond acceptors (Lipinski definition) is 1. The van der Waals surface area contributed by atoms with Gasteiger partial charge in [-0.05, 0) is 12.8 Å². The second-order valence-corrected chi connectivity index (χ2v) is 7.05. The molecular weight excluding hydrogens is 234 g/mol. The molecular formula is C17H36NO+. The third-order valence-electron chi connectivity index (χ3n) is 4.91. The third kappa shape index (κ3) is 6.27. The van der Waals surface area contributed by atoms with Gasteiger partial charge in [0.1, 0.15) is 6.61 Å². The molecule has 0 aromatic rings. The summed E-state index contributed by atoms with van der Waals surface area (Å²) in [4.78, 5) is 0. The Balaban J connectivity index is 1.86. The van der Waals surface area contributed by atoms with E-state index in [1.165, 1.54) is 70.8 Å². The van der Waals surface area contributed by atoms with Gasteiger partial charge >= 0.3 is 0 Å². The first-order chi connectivity index (χ1) is 9.02. The van der Waals surface area contributed by atoms with Crippen LogP contribution in [0.25, 0.3) is 0 Å². The first-order valence-corrected chi connectivity index (χ1v) is 8.49. The molecule has 1 fully saturated rings. The highest BCUT2D eigenvalue weighted by molar-refractivity contribution is 4.75. The summed E-state index contributed by atoms with van der Waals surface area (Å²) in [6.07, 6.45) is 14.2. The second-order valence-electron chi connectivity index (χ2n) is 7.05. The van der Waals surface area contributed by atoms with Gasteiger partial charge in [-0.25, -0.2) is 0 Å². The van der Waals surface area contributed by atoms with E-state index in [0.29, 0.717) is 0 Å². The summed E-state index contributed by atoms with van der Waals surface area (Å²) < 4.78 is 6.61. The highest BCUT2D eigenvalue weighted by Crippen LogP contribution is 2.34. The van der Waals surface area contributed by atoms with Crippen LogP contribution in [0.15, 0.2) is 0 Å². The van der Waals surface area contributed by atoms with E-state index in [0.717, 1.165) is 11.1 Å². The Hall–Kier alpha value is -0.0800. The number of ether oxygens (including phenoxy) is 1. The Morgan fingerprint density at radius 2 is 1.26 bits per heavy atom. The normalized spacial score (nSPS) is 22.7. The van der Waals surface area contributed by atoms with Crippen molar-refractivity contribution in [2.45, 2.75) is 83.8 Å². The molecule has 0 bridgehead atoms. The second kappa shape index (κ2) is 8.26. The smallest absolute Gasteiger partial charge is 0.224 e.